The summed E-state index contributed by atoms with van der Waals surface area (Å²) in [6.45, 7) is 10.6. The number of hydrogen-bond donors (Lipinski definition) is 1. The van der Waals surface area contributed by atoms with E-state index in [9.17, 15) is 19.2 Å². The van der Waals surface area contributed by atoms with Gasteiger partial charge in [0, 0.05) is 36.3 Å². The minimum absolute atomic E-state index is 0.0107. The number of rotatable bonds is 11. The van der Waals surface area contributed by atoms with Crippen LogP contribution in [0.2, 0.25) is 0 Å². The lowest BCUT2D eigenvalue weighted by Gasteiger charge is -2.26. The molecule has 0 unspecified atom stereocenters. The molecule has 0 saturated carbocycles. The van der Waals surface area contributed by atoms with Crippen molar-refractivity contribution in [1.82, 2.24) is 5.32 Å². The van der Waals surface area contributed by atoms with Crippen LogP contribution in [0.15, 0.2) is 109 Å². The van der Waals surface area contributed by atoms with E-state index in [4.69, 9.17) is 9.47 Å². The van der Waals surface area contributed by atoms with Gasteiger partial charge in [0.1, 0.15) is 23.0 Å². The van der Waals surface area contributed by atoms with E-state index < -0.39 is 0 Å². The second-order valence-corrected chi connectivity index (χ2v) is 13.9. The molecule has 0 atom stereocenters. The van der Waals surface area contributed by atoms with Crippen molar-refractivity contribution in [2.45, 2.75) is 45.4 Å². The standard InChI is InChI=1S/C43H42N2O6/c1-42(2,3)30-9-15-33(16-10-30)45(7)41(49)39-25-37(17-8-28(39)26-46)51-35-20-13-32(14-21-35)43(4,5)31-11-18-34(19-12-31)50-36-22-23-38(40(48)44-6)29(24-36)27-47/h8-27H,1-7H3,(H,44,48). The van der Waals surface area contributed by atoms with Gasteiger partial charge in [-0.25, -0.2) is 0 Å². The lowest BCUT2D eigenvalue weighted by atomic mass is 9.78. The molecule has 0 radical (unpaired) electrons. The number of hydrogen-bond acceptors (Lipinski definition) is 6. The molecule has 0 bridgehead atoms. The number of aldehydes is 2. The van der Waals surface area contributed by atoms with Crippen LogP contribution in [0.3, 0.4) is 0 Å². The Hall–Kier alpha value is -6.02. The molecule has 5 aromatic carbocycles. The normalized spacial score (nSPS) is 11.4. The summed E-state index contributed by atoms with van der Waals surface area (Å²) in [6, 6.07) is 32.9. The Kier molecular flexibility index (Phi) is 10.6. The first-order valence-corrected chi connectivity index (χ1v) is 16.6. The maximum Gasteiger partial charge on any atom is 0.258 e. The summed E-state index contributed by atoms with van der Waals surface area (Å²) in [5.41, 5.74) is 4.67. The predicted octanol–water partition coefficient (Wildman–Crippen LogP) is 9.16. The van der Waals surface area contributed by atoms with E-state index in [1.807, 2.05) is 72.8 Å². The third kappa shape index (κ3) is 8.07. The lowest BCUT2D eigenvalue weighted by molar-refractivity contribution is 0.0956. The SMILES string of the molecule is CNC(=O)c1ccc(Oc2ccc(C(C)(C)c3ccc(Oc4ccc(C=O)c(C(=O)N(C)c5ccc(C(C)(C)C)cc5)c4)cc3)cc2)cc1C=O. The van der Waals surface area contributed by atoms with Gasteiger partial charge in [-0.1, -0.05) is 71.0 Å². The van der Waals surface area contributed by atoms with Gasteiger partial charge in [-0.2, -0.15) is 0 Å². The molecule has 0 heterocycles. The van der Waals surface area contributed by atoms with E-state index in [0.717, 1.165) is 22.4 Å². The molecular weight excluding hydrogens is 640 g/mol. The van der Waals surface area contributed by atoms with Gasteiger partial charge in [-0.15, -0.1) is 0 Å². The number of nitrogens with one attached hydrogen (secondary N) is 1. The van der Waals surface area contributed by atoms with Crippen molar-refractivity contribution in [3.05, 3.63) is 148 Å². The van der Waals surface area contributed by atoms with Crippen LogP contribution in [0, 0.1) is 0 Å². The zero-order valence-electron chi connectivity index (χ0n) is 29.9. The molecule has 0 fully saturated rings. The smallest absolute Gasteiger partial charge is 0.258 e. The van der Waals surface area contributed by atoms with Crippen molar-refractivity contribution < 1.29 is 28.7 Å². The molecule has 0 aliphatic heterocycles. The molecular formula is C43H42N2O6. The molecule has 5 aromatic rings. The monoisotopic (exact) mass is 682 g/mol. The summed E-state index contributed by atoms with van der Waals surface area (Å²) >= 11 is 0. The van der Waals surface area contributed by atoms with E-state index in [1.165, 1.54) is 11.9 Å². The first kappa shape index (κ1) is 36.3. The Morgan fingerprint density at radius 1 is 0.588 bits per heavy atom. The minimum Gasteiger partial charge on any atom is -0.457 e. The highest BCUT2D eigenvalue weighted by Crippen LogP contribution is 2.35. The molecule has 0 aromatic heterocycles. The van der Waals surface area contributed by atoms with Crippen molar-refractivity contribution in [1.29, 1.82) is 0 Å². The maximum absolute atomic E-state index is 13.6. The Morgan fingerprint density at radius 2 is 1.06 bits per heavy atom. The highest BCUT2D eigenvalue weighted by atomic mass is 16.5. The van der Waals surface area contributed by atoms with Crippen LogP contribution < -0.4 is 19.7 Å². The van der Waals surface area contributed by atoms with Crippen molar-refractivity contribution in [2.24, 2.45) is 0 Å². The van der Waals surface area contributed by atoms with Crippen LogP contribution in [0.4, 0.5) is 5.69 Å². The number of amides is 2. The second kappa shape index (κ2) is 14.8. The lowest BCUT2D eigenvalue weighted by Crippen LogP contribution is -2.27. The van der Waals surface area contributed by atoms with Crippen LogP contribution in [-0.4, -0.2) is 38.5 Å². The summed E-state index contributed by atoms with van der Waals surface area (Å²) in [6.07, 6.45) is 1.31. The Bertz CT molecular complexity index is 2060. The number of ether oxygens (including phenoxy) is 2. The summed E-state index contributed by atoms with van der Waals surface area (Å²) in [5, 5.41) is 2.53. The van der Waals surface area contributed by atoms with Gasteiger partial charge in [0.25, 0.3) is 11.8 Å². The zero-order valence-corrected chi connectivity index (χ0v) is 29.9. The molecule has 1 N–H and O–H groups in total. The first-order valence-electron chi connectivity index (χ1n) is 16.6. The van der Waals surface area contributed by atoms with E-state index >= 15 is 0 Å². The van der Waals surface area contributed by atoms with Crippen molar-refractivity contribution >= 4 is 30.1 Å². The Balaban J connectivity index is 1.28. The molecule has 8 nitrogen and oxygen atoms in total. The number of anilines is 1. The molecule has 0 spiro atoms. The third-order valence-electron chi connectivity index (χ3n) is 9.05. The van der Waals surface area contributed by atoms with Gasteiger partial charge in [0.05, 0.1) is 11.1 Å². The van der Waals surface area contributed by atoms with Crippen LogP contribution in [0.5, 0.6) is 23.0 Å². The summed E-state index contributed by atoms with van der Waals surface area (Å²) in [7, 11) is 3.20. The van der Waals surface area contributed by atoms with E-state index in [-0.39, 0.29) is 44.9 Å². The zero-order chi connectivity index (χ0) is 36.9. The van der Waals surface area contributed by atoms with Gasteiger partial charge in [0.2, 0.25) is 0 Å². The van der Waals surface area contributed by atoms with Crippen LogP contribution in [0.1, 0.15) is 92.7 Å². The van der Waals surface area contributed by atoms with Crippen LogP contribution in [0.25, 0.3) is 0 Å². The van der Waals surface area contributed by atoms with Crippen molar-refractivity contribution in [2.75, 3.05) is 19.0 Å². The second-order valence-electron chi connectivity index (χ2n) is 13.9. The first-order chi connectivity index (χ1) is 24.2. The van der Waals surface area contributed by atoms with Crippen molar-refractivity contribution in [3.63, 3.8) is 0 Å². The quantitative estimate of drug-likeness (QED) is 0.139. The predicted molar refractivity (Wildman–Crippen MR) is 200 cm³/mol. The van der Waals surface area contributed by atoms with Gasteiger partial charge in [0.15, 0.2) is 12.6 Å². The van der Waals surface area contributed by atoms with Crippen LogP contribution in [-0.2, 0) is 10.8 Å². The maximum atomic E-state index is 13.6. The summed E-state index contributed by atoms with van der Waals surface area (Å²) in [5.74, 6) is 1.40. The van der Waals surface area contributed by atoms with Gasteiger partial charge in [-0.05, 0) is 94.9 Å². The molecule has 5 rings (SSSR count). The van der Waals surface area contributed by atoms with E-state index in [1.54, 1.807) is 43.4 Å². The average Bonchev–Trinajstić information content (AvgIpc) is 3.14. The summed E-state index contributed by atoms with van der Waals surface area (Å²) in [4.78, 5) is 50.5. The van der Waals surface area contributed by atoms with Gasteiger partial charge >= 0.3 is 0 Å². The fraction of sp³-hybridized carbons (Fsp3) is 0.209. The Labute approximate surface area is 299 Å². The molecule has 0 aliphatic rings. The number of carbonyl (C=O) groups excluding carboxylic acids is 4. The van der Waals surface area contributed by atoms with E-state index in [0.29, 0.717) is 35.6 Å². The molecule has 0 saturated heterocycles. The van der Waals surface area contributed by atoms with E-state index in [2.05, 4.69) is 39.9 Å². The molecule has 260 valence electrons. The largest absolute Gasteiger partial charge is 0.457 e. The van der Waals surface area contributed by atoms with Crippen LogP contribution >= 0.6 is 0 Å². The average molecular weight is 683 g/mol. The third-order valence-corrected chi connectivity index (χ3v) is 9.05. The highest BCUT2D eigenvalue weighted by Gasteiger charge is 2.24. The number of carbonyl (C=O) groups is 4. The number of benzene rings is 5. The number of nitrogens with zero attached hydrogens (tertiary/aromatic N) is 1. The van der Waals surface area contributed by atoms with Crippen molar-refractivity contribution in [3.8, 4) is 23.0 Å². The molecule has 8 heteroatoms. The van der Waals surface area contributed by atoms with Gasteiger partial charge < -0.3 is 19.7 Å². The molecule has 2 amide bonds. The fourth-order valence-electron chi connectivity index (χ4n) is 5.73. The molecule has 0 aliphatic carbocycles. The van der Waals surface area contributed by atoms with Gasteiger partial charge in [-0.3, -0.25) is 19.2 Å². The summed E-state index contributed by atoms with van der Waals surface area (Å²) < 4.78 is 12.1. The fourth-order valence-corrected chi connectivity index (χ4v) is 5.73. The highest BCUT2D eigenvalue weighted by molar-refractivity contribution is 6.10. The Morgan fingerprint density at radius 3 is 1.55 bits per heavy atom. The topological polar surface area (TPSA) is 102 Å². The molecule has 51 heavy (non-hydrogen) atoms. The minimum atomic E-state index is -0.363.